The summed E-state index contributed by atoms with van der Waals surface area (Å²) in [7, 11) is 0. The topological polar surface area (TPSA) is 9.23 Å². The van der Waals surface area contributed by atoms with Crippen molar-refractivity contribution in [3.63, 3.8) is 0 Å². The summed E-state index contributed by atoms with van der Waals surface area (Å²) in [6.45, 7) is 4.70. The predicted molar refractivity (Wildman–Crippen MR) is 71.3 cm³/mol. The summed E-state index contributed by atoms with van der Waals surface area (Å²) in [6, 6.07) is 17.4. The Bertz CT molecular complexity index is 471. The van der Waals surface area contributed by atoms with Crippen LogP contribution in [0.5, 0.6) is 5.75 Å². The van der Waals surface area contributed by atoms with Crippen molar-refractivity contribution in [2.75, 3.05) is 0 Å². The molecule has 0 aromatic heterocycles. The fourth-order valence-corrected chi connectivity index (χ4v) is 1.63. The van der Waals surface area contributed by atoms with Gasteiger partial charge in [0.1, 0.15) is 6.61 Å². The largest absolute Gasteiger partial charge is 2.00 e. The van der Waals surface area contributed by atoms with Gasteiger partial charge in [-0.05, 0) is 5.56 Å². The van der Waals surface area contributed by atoms with Crippen molar-refractivity contribution in [3.8, 4) is 5.75 Å². The molecule has 0 bridgehead atoms. The SMILES string of the molecule is Cc1c[c-]c(OCc2ccccc2)c(C)c1.[Br-].[Mg+2]. The maximum absolute atomic E-state index is 5.72. The van der Waals surface area contributed by atoms with E-state index in [9.17, 15) is 0 Å². The van der Waals surface area contributed by atoms with E-state index in [0.717, 1.165) is 11.3 Å². The van der Waals surface area contributed by atoms with Gasteiger partial charge in [0.15, 0.2) is 0 Å². The molecule has 0 aliphatic rings. The fourth-order valence-electron chi connectivity index (χ4n) is 1.63. The first-order chi connectivity index (χ1) is 7.75. The Balaban J connectivity index is 0.00000144. The molecule has 0 N–H and O–H groups in total. The van der Waals surface area contributed by atoms with Crippen LogP contribution in [-0.2, 0) is 6.61 Å². The molecule has 0 spiro atoms. The Labute approximate surface area is 135 Å². The number of hydrogen-bond donors (Lipinski definition) is 0. The molecule has 0 amide bonds. The smallest absolute Gasteiger partial charge is 1.00 e. The Morgan fingerprint density at radius 2 is 1.78 bits per heavy atom. The molecule has 0 radical (unpaired) electrons. The summed E-state index contributed by atoms with van der Waals surface area (Å²) in [4.78, 5) is 0. The number of halogens is 1. The Kier molecular flexibility index (Phi) is 8.32. The number of rotatable bonds is 3. The van der Waals surface area contributed by atoms with Crippen LogP contribution in [-0.4, -0.2) is 23.1 Å². The minimum absolute atomic E-state index is 0. The minimum atomic E-state index is 0. The van der Waals surface area contributed by atoms with E-state index in [2.05, 4.69) is 31.2 Å². The van der Waals surface area contributed by atoms with E-state index >= 15 is 0 Å². The van der Waals surface area contributed by atoms with Crippen LogP contribution < -0.4 is 21.7 Å². The first-order valence-corrected chi connectivity index (χ1v) is 5.41. The van der Waals surface area contributed by atoms with Crippen LogP contribution in [0.4, 0.5) is 0 Å². The predicted octanol–water partition coefficient (Wildman–Crippen LogP) is 0.306. The van der Waals surface area contributed by atoms with E-state index in [1.807, 2.05) is 31.2 Å². The average Bonchev–Trinajstić information content (AvgIpc) is 2.29. The van der Waals surface area contributed by atoms with Gasteiger partial charge in [0.2, 0.25) is 0 Å². The molecule has 1 nitrogen and oxygen atoms in total. The van der Waals surface area contributed by atoms with Gasteiger partial charge in [0.25, 0.3) is 0 Å². The van der Waals surface area contributed by atoms with Gasteiger partial charge >= 0.3 is 23.1 Å². The summed E-state index contributed by atoms with van der Waals surface area (Å²) in [5, 5.41) is 0. The van der Waals surface area contributed by atoms with Gasteiger partial charge in [-0.3, -0.25) is 0 Å². The summed E-state index contributed by atoms with van der Waals surface area (Å²) in [6.07, 6.45) is 0. The first-order valence-electron chi connectivity index (χ1n) is 5.41. The van der Waals surface area contributed by atoms with Gasteiger partial charge in [-0.25, -0.2) is 0 Å². The average molecular weight is 315 g/mol. The van der Waals surface area contributed by atoms with E-state index in [1.54, 1.807) is 0 Å². The number of benzene rings is 2. The summed E-state index contributed by atoms with van der Waals surface area (Å²) >= 11 is 0. The van der Waals surface area contributed by atoms with E-state index in [-0.39, 0.29) is 40.0 Å². The van der Waals surface area contributed by atoms with Crippen LogP contribution in [0, 0.1) is 19.9 Å². The van der Waals surface area contributed by atoms with Gasteiger partial charge in [-0.2, -0.15) is 17.7 Å². The van der Waals surface area contributed by atoms with Crippen molar-refractivity contribution in [1.82, 2.24) is 0 Å². The Morgan fingerprint density at radius 1 is 1.11 bits per heavy atom. The van der Waals surface area contributed by atoms with Crippen molar-refractivity contribution < 1.29 is 21.7 Å². The van der Waals surface area contributed by atoms with Crippen LogP contribution in [0.15, 0.2) is 42.5 Å². The Hall–Kier alpha value is -0.514. The second-order valence-electron chi connectivity index (χ2n) is 3.96. The summed E-state index contributed by atoms with van der Waals surface area (Å²) < 4.78 is 5.72. The Morgan fingerprint density at radius 3 is 2.39 bits per heavy atom. The number of aryl methyl sites for hydroxylation is 2. The standard InChI is InChI=1S/C15H15O.BrH.Mg/c1-12-8-9-15(13(2)10-12)16-11-14-6-4-3-5-7-14;;/h3-8,10H,11H2,1-2H3;1H;/q-1;;+2/p-1. The van der Waals surface area contributed by atoms with Crippen LogP contribution in [0.1, 0.15) is 16.7 Å². The van der Waals surface area contributed by atoms with Crippen LogP contribution in [0.2, 0.25) is 0 Å². The van der Waals surface area contributed by atoms with Gasteiger partial charge in [0.05, 0.1) is 0 Å². The molecule has 3 heteroatoms. The quantitative estimate of drug-likeness (QED) is 0.585. The van der Waals surface area contributed by atoms with Gasteiger partial charge in [0, 0.05) is 5.75 Å². The summed E-state index contributed by atoms with van der Waals surface area (Å²) in [5.74, 6) is 0.842. The zero-order valence-corrected chi connectivity index (χ0v) is 13.7. The second kappa shape index (κ2) is 8.56. The molecule has 0 saturated carbocycles. The molecule has 0 fully saturated rings. The molecule has 0 saturated heterocycles. The molecule has 0 unspecified atom stereocenters. The third-order valence-corrected chi connectivity index (χ3v) is 2.46. The summed E-state index contributed by atoms with van der Waals surface area (Å²) in [5.41, 5.74) is 3.52. The van der Waals surface area contributed by atoms with Crippen LogP contribution in [0.25, 0.3) is 0 Å². The van der Waals surface area contributed by atoms with Gasteiger partial charge in [-0.15, -0.1) is 11.6 Å². The van der Waals surface area contributed by atoms with Crippen molar-refractivity contribution in [1.29, 1.82) is 0 Å². The molecule has 0 heterocycles. The molecule has 18 heavy (non-hydrogen) atoms. The fraction of sp³-hybridized carbons (Fsp3) is 0.200. The van der Waals surface area contributed by atoms with Crippen LogP contribution in [0.3, 0.4) is 0 Å². The molecule has 0 aliphatic carbocycles. The first kappa shape index (κ1) is 17.5. The van der Waals surface area contributed by atoms with E-state index in [1.165, 1.54) is 11.1 Å². The van der Waals surface area contributed by atoms with E-state index in [0.29, 0.717) is 6.61 Å². The monoisotopic (exact) mass is 314 g/mol. The van der Waals surface area contributed by atoms with Crippen molar-refractivity contribution in [2.24, 2.45) is 0 Å². The van der Waals surface area contributed by atoms with Crippen molar-refractivity contribution in [3.05, 3.63) is 65.2 Å². The molecule has 2 aromatic carbocycles. The maximum atomic E-state index is 5.72. The van der Waals surface area contributed by atoms with Crippen molar-refractivity contribution in [2.45, 2.75) is 20.5 Å². The second-order valence-corrected chi connectivity index (χ2v) is 3.96. The van der Waals surface area contributed by atoms with Crippen molar-refractivity contribution >= 4 is 23.1 Å². The maximum Gasteiger partial charge on any atom is 2.00 e. The molecule has 2 aromatic rings. The molecule has 0 atom stereocenters. The zero-order chi connectivity index (χ0) is 11.4. The minimum Gasteiger partial charge on any atom is -1.00 e. The zero-order valence-electron chi connectivity index (χ0n) is 10.7. The molecular formula is C15H15BrMgO. The number of hydrogen-bond acceptors (Lipinski definition) is 1. The molecular weight excluding hydrogens is 300 g/mol. The third-order valence-electron chi connectivity index (χ3n) is 2.46. The molecule has 2 rings (SSSR count). The molecule has 90 valence electrons. The van der Waals surface area contributed by atoms with Gasteiger partial charge in [-0.1, -0.05) is 44.2 Å². The normalized spacial score (nSPS) is 9.00. The third kappa shape index (κ3) is 5.00. The van der Waals surface area contributed by atoms with E-state index < -0.39 is 0 Å². The number of ether oxygens (including phenoxy) is 1. The van der Waals surface area contributed by atoms with Crippen LogP contribution >= 0.6 is 0 Å². The molecule has 0 aliphatic heterocycles. The van der Waals surface area contributed by atoms with E-state index in [4.69, 9.17) is 4.74 Å². The van der Waals surface area contributed by atoms with Gasteiger partial charge < -0.3 is 21.7 Å².